The summed E-state index contributed by atoms with van der Waals surface area (Å²) >= 11 is 0. The van der Waals surface area contributed by atoms with Gasteiger partial charge in [0.1, 0.15) is 11.5 Å². The molecule has 6 heteroatoms. The van der Waals surface area contributed by atoms with Gasteiger partial charge in [0.25, 0.3) is 5.91 Å². The number of imidazole rings is 1. The van der Waals surface area contributed by atoms with E-state index in [1.165, 1.54) is 0 Å². The number of likely N-dealkylation sites (tertiary alicyclic amines) is 1. The van der Waals surface area contributed by atoms with Gasteiger partial charge in [-0.05, 0) is 38.3 Å². The number of nitrogens with zero attached hydrogens (tertiary/aromatic N) is 4. The van der Waals surface area contributed by atoms with Crippen LogP contribution in [0.4, 0.5) is 0 Å². The summed E-state index contributed by atoms with van der Waals surface area (Å²) in [7, 11) is 0. The Morgan fingerprint density at radius 1 is 1.27 bits per heavy atom. The van der Waals surface area contributed by atoms with Crippen LogP contribution in [-0.2, 0) is 0 Å². The molecule has 1 saturated heterocycles. The van der Waals surface area contributed by atoms with Crippen molar-refractivity contribution in [3.05, 3.63) is 59.8 Å². The zero-order valence-corrected chi connectivity index (χ0v) is 15.1. The highest BCUT2D eigenvalue weighted by Crippen LogP contribution is 2.25. The molecule has 1 atom stereocenters. The molecule has 0 saturated carbocycles. The summed E-state index contributed by atoms with van der Waals surface area (Å²) in [5.41, 5.74) is 3.55. The van der Waals surface area contributed by atoms with Gasteiger partial charge in [-0.15, -0.1) is 0 Å². The van der Waals surface area contributed by atoms with Crippen LogP contribution in [0.15, 0.2) is 42.7 Å². The molecule has 3 aromatic rings. The molecule has 1 aromatic carbocycles. The van der Waals surface area contributed by atoms with Gasteiger partial charge in [0.2, 0.25) is 0 Å². The normalized spacial score (nSPS) is 17.5. The zero-order chi connectivity index (χ0) is 18.1. The maximum Gasteiger partial charge on any atom is 0.271 e. The van der Waals surface area contributed by atoms with Gasteiger partial charge in [-0.2, -0.15) is 5.10 Å². The minimum atomic E-state index is 0.0137. The summed E-state index contributed by atoms with van der Waals surface area (Å²) in [6.07, 6.45) is 5.88. The average molecular weight is 349 g/mol. The lowest BCUT2D eigenvalue weighted by molar-refractivity contribution is 0.0672. The quantitative estimate of drug-likeness (QED) is 0.788. The van der Waals surface area contributed by atoms with Crippen LogP contribution in [0.3, 0.4) is 0 Å². The van der Waals surface area contributed by atoms with Gasteiger partial charge in [0.05, 0.1) is 11.7 Å². The molecule has 4 rings (SSSR count). The van der Waals surface area contributed by atoms with Gasteiger partial charge in [0, 0.05) is 31.0 Å². The number of aryl methyl sites for hydroxylation is 2. The fourth-order valence-electron chi connectivity index (χ4n) is 3.74. The van der Waals surface area contributed by atoms with E-state index in [1.54, 1.807) is 0 Å². The molecule has 0 spiro atoms. The lowest BCUT2D eigenvalue weighted by atomic mass is 10.0. The molecule has 1 N–H and O–H groups in total. The number of carbonyl (C=O) groups is 1. The van der Waals surface area contributed by atoms with Gasteiger partial charge >= 0.3 is 0 Å². The Kier molecular flexibility index (Phi) is 4.32. The molecule has 6 nitrogen and oxygen atoms in total. The SMILES string of the molecule is Cc1ccccc1-c1cc(C(=O)N2CCC[C@H](n3ccnc3C)C2)[nH]n1. The first-order chi connectivity index (χ1) is 12.6. The minimum absolute atomic E-state index is 0.0137. The van der Waals surface area contributed by atoms with E-state index in [9.17, 15) is 4.79 Å². The molecule has 1 amide bonds. The number of benzene rings is 1. The monoisotopic (exact) mass is 349 g/mol. The molecular formula is C20H23N5O. The third-order valence-electron chi connectivity index (χ3n) is 5.17. The topological polar surface area (TPSA) is 66.8 Å². The van der Waals surface area contributed by atoms with Crippen LogP contribution in [0.25, 0.3) is 11.3 Å². The molecule has 0 unspecified atom stereocenters. The molecule has 3 heterocycles. The third kappa shape index (κ3) is 3.03. The van der Waals surface area contributed by atoms with Crippen molar-refractivity contribution in [2.24, 2.45) is 0 Å². The van der Waals surface area contributed by atoms with Crippen molar-refractivity contribution in [3.63, 3.8) is 0 Å². The Labute approximate surface area is 152 Å². The van der Waals surface area contributed by atoms with Crippen molar-refractivity contribution >= 4 is 5.91 Å². The Balaban J connectivity index is 1.53. The zero-order valence-electron chi connectivity index (χ0n) is 15.1. The van der Waals surface area contributed by atoms with Crippen molar-refractivity contribution < 1.29 is 4.79 Å². The smallest absolute Gasteiger partial charge is 0.271 e. The number of aromatic amines is 1. The molecule has 1 aliphatic rings. The molecular weight excluding hydrogens is 326 g/mol. The van der Waals surface area contributed by atoms with Crippen LogP contribution >= 0.6 is 0 Å². The number of nitrogens with one attached hydrogen (secondary N) is 1. The van der Waals surface area contributed by atoms with Crippen molar-refractivity contribution in [3.8, 4) is 11.3 Å². The predicted molar refractivity (Wildman–Crippen MR) is 99.9 cm³/mol. The second-order valence-electron chi connectivity index (χ2n) is 6.91. The van der Waals surface area contributed by atoms with E-state index >= 15 is 0 Å². The molecule has 134 valence electrons. The lowest BCUT2D eigenvalue weighted by Crippen LogP contribution is -2.41. The second-order valence-corrected chi connectivity index (χ2v) is 6.91. The lowest BCUT2D eigenvalue weighted by Gasteiger charge is -2.33. The van der Waals surface area contributed by atoms with E-state index in [2.05, 4.69) is 19.7 Å². The Hall–Kier alpha value is -2.89. The first-order valence-electron chi connectivity index (χ1n) is 9.03. The van der Waals surface area contributed by atoms with Gasteiger partial charge < -0.3 is 9.47 Å². The molecule has 1 aliphatic heterocycles. The average Bonchev–Trinajstić information content (AvgIpc) is 3.31. The van der Waals surface area contributed by atoms with E-state index in [0.717, 1.165) is 42.0 Å². The maximum absolute atomic E-state index is 13.0. The fraction of sp³-hybridized carbons (Fsp3) is 0.350. The third-order valence-corrected chi connectivity index (χ3v) is 5.17. The van der Waals surface area contributed by atoms with Crippen molar-refractivity contribution in [1.29, 1.82) is 0 Å². The number of aromatic nitrogens is 4. The van der Waals surface area contributed by atoms with Gasteiger partial charge in [-0.3, -0.25) is 9.89 Å². The van der Waals surface area contributed by atoms with Gasteiger partial charge in [0.15, 0.2) is 0 Å². The van der Waals surface area contributed by atoms with E-state index in [1.807, 2.05) is 61.5 Å². The maximum atomic E-state index is 13.0. The summed E-state index contributed by atoms with van der Waals surface area (Å²) in [5.74, 6) is 1.01. The highest BCUT2D eigenvalue weighted by Gasteiger charge is 2.27. The molecule has 26 heavy (non-hydrogen) atoms. The van der Waals surface area contributed by atoms with E-state index in [4.69, 9.17) is 0 Å². The summed E-state index contributed by atoms with van der Waals surface area (Å²) in [4.78, 5) is 19.2. The van der Waals surface area contributed by atoms with Gasteiger partial charge in [-0.25, -0.2) is 4.98 Å². The number of H-pyrrole nitrogens is 1. The number of carbonyl (C=O) groups excluding carboxylic acids is 1. The van der Waals surface area contributed by atoms with Crippen molar-refractivity contribution in [1.82, 2.24) is 24.6 Å². The first kappa shape index (κ1) is 16.6. The number of rotatable bonds is 3. The number of amides is 1. The van der Waals surface area contributed by atoms with Crippen LogP contribution in [0.5, 0.6) is 0 Å². The van der Waals surface area contributed by atoms with E-state index < -0.39 is 0 Å². The van der Waals surface area contributed by atoms with Gasteiger partial charge in [-0.1, -0.05) is 24.3 Å². The van der Waals surface area contributed by atoms with E-state index in [0.29, 0.717) is 12.2 Å². The molecule has 0 bridgehead atoms. The molecule has 0 radical (unpaired) electrons. The number of hydrogen-bond acceptors (Lipinski definition) is 3. The standard InChI is InChI=1S/C20H23N5O/c1-14-6-3-4-8-17(14)18-12-19(23-22-18)20(26)24-10-5-7-16(13-24)25-11-9-21-15(25)2/h3-4,6,8-9,11-12,16H,5,7,10,13H2,1-2H3,(H,22,23)/t16-/m0/s1. The summed E-state index contributed by atoms with van der Waals surface area (Å²) in [6.45, 7) is 5.54. The van der Waals surface area contributed by atoms with Crippen LogP contribution < -0.4 is 0 Å². The van der Waals surface area contributed by atoms with Crippen LogP contribution in [0, 0.1) is 13.8 Å². The van der Waals surface area contributed by atoms with Crippen LogP contribution in [-0.4, -0.2) is 43.6 Å². The summed E-state index contributed by atoms with van der Waals surface area (Å²) in [5, 5.41) is 7.29. The molecule has 1 fully saturated rings. The Morgan fingerprint density at radius 3 is 2.88 bits per heavy atom. The summed E-state index contributed by atoms with van der Waals surface area (Å²) in [6, 6.07) is 10.2. The van der Waals surface area contributed by atoms with Crippen LogP contribution in [0.1, 0.15) is 40.8 Å². The summed E-state index contributed by atoms with van der Waals surface area (Å²) < 4.78 is 2.17. The van der Waals surface area contributed by atoms with Crippen LogP contribution in [0.2, 0.25) is 0 Å². The number of piperidine rings is 1. The molecule has 0 aliphatic carbocycles. The number of hydrogen-bond donors (Lipinski definition) is 1. The Bertz CT molecular complexity index is 926. The Morgan fingerprint density at radius 2 is 2.12 bits per heavy atom. The van der Waals surface area contributed by atoms with E-state index in [-0.39, 0.29) is 11.9 Å². The largest absolute Gasteiger partial charge is 0.335 e. The minimum Gasteiger partial charge on any atom is -0.335 e. The highest BCUT2D eigenvalue weighted by molar-refractivity contribution is 5.93. The predicted octanol–water partition coefficient (Wildman–Crippen LogP) is 3.37. The highest BCUT2D eigenvalue weighted by atomic mass is 16.2. The first-order valence-corrected chi connectivity index (χ1v) is 9.03. The van der Waals surface area contributed by atoms with Crippen molar-refractivity contribution in [2.75, 3.05) is 13.1 Å². The molecule has 2 aromatic heterocycles. The van der Waals surface area contributed by atoms with Crippen molar-refractivity contribution in [2.45, 2.75) is 32.7 Å². The second kappa shape index (κ2) is 6.78. The fourth-order valence-corrected chi connectivity index (χ4v) is 3.74.